The van der Waals surface area contributed by atoms with Crippen molar-refractivity contribution in [3.05, 3.63) is 16.1 Å². The van der Waals surface area contributed by atoms with E-state index >= 15 is 0 Å². The maximum atomic E-state index is 4.46. The lowest BCUT2D eigenvalue weighted by molar-refractivity contribution is 0.275. The van der Waals surface area contributed by atoms with Crippen molar-refractivity contribution in [2.75, 3.05) is 6.54 Å². The second-order valence-corrected chi connectivity index (χ2v) is 6.51. The van der Waals surface area contributed by atoms with Crippen LogP contribution in [0.2, 0.25) is 0 Å². The number of hydrogen-bond acceptors (Lipinski definition) is 3. The fourth-order valence-electron chi connectivity index (χ4n) is 2.63. The molecular formula is C14H24N2S. The smallest absolute Gasteiger partial charge is 0.0897 e. The van der Waals surface area contributed by atoms with Gasteiger partial charge in [0.15, 0.2) is 0 Å². The van der Waals surface area contributed by atoms with Gasteiger partial charge in [0.2, 0.25) is 0 Å². The van der Waals surface area contributed by atoms with Crippen molar-refractivity contribution in [2.45, 2.75) is 52.5 Å². The molecule has 2 nitrogen and oxygen atoms in total. The van der Waals surface area contributed by atoms with Gasteiger partial charge in [-0.25, -0.2) is 4.98 Å². The molecule has 1 aliphatic rings. The molecule has 0 bridgehead atoms. The highest BCUT2D eigenvalue weighted by molar-refractivity contribution is 7.09. The molecular weight excluding hydrogens is 228 g/mol. The molecule has 2 rings (SSSR count). The van der Waals surface area contributed by atoms with Gasteiger partial charge in [0.1, 0.15) is 0 Å². The highest BCUT2D eigenvalue weighted by Crippen LogP contribution is 2.29. The number of hydrogen-bond donors (Lipinski definition) is 1. The zero-order chi connectivity index (χ0) is 12.1. The molecule has 0 aromatic carbocycles. The maximum Gasteiger partial charge on any atom is 0.0897 e. The Balaban J connectivity index is 1.57. The quantitative estimate of drug-likeness (QED) is 0.807. The predicted molar refractivity (Wildman–Crippen MR) is 74.3 cm³/mol. The van der Waals surface area contributed by atoms with Gasteiger partial charge < -0.3 is 5.32 Å². The van der Waals surface area contributed by atoms with Crippen molar-refractivity contribution in [3.63, 3.8) is 0 Å². The molecule has 96 valence electrons. The number of aromatic nitrogens is 1. The Morgan fingerprint density at radius 2 is 2.12 bits per heavy atom. The van der Waals surface area contributed by atoms with E-state index in [1.165, 1.54) is 42.8 Å². The Labute approximate surface area is 109 Å². The first-order chi connectivity index (χ1) is 8.24. The summed E-state index contributed by atoms with van der Waals surface area (Å²) in [4.78, 5) is 4.46. The summed E-state index contributed by atoms with van der Waals surface area (Å²) in [6.07, 6.45) is 7.11. The topological polar surface area (TPSA) is 24.9 Å². The van der Waals surface area contributed by atoms with Crippen LogP contribution in [0.15, 0.2) is 5.38 Å². The Morgan fingerprint density at radius 1 is 1.35 bits per heavy atom. The van der Waals surface area contributed by atoms with E-state index in [1.807, 2.05) is 0 Å². The zero-order valence-corrected chi connectivity index (χ0v) is 11.9. The normalized spacial score (nSPS) is 25.1. The molecule has 1 fully saturated rings. The van der Waals surface area contributed by atoms with Crippen LogP contribution >= 0.6 is 11.3 Å². The lowest BCUT2D eigenvalue weighted by atomic mass is 9.81. The third-order valence-corrected chi connectivity index (χ3v) is 4.66. The average Bonchev–Trinajstić information content (AvgIpc) is 2.73. The molecule has 0 unspecified atom stereocenters. The summed E-state index contributed by atoms with van der Waals surface area (Å²) >= 11 is 1.74. The van der Waals surface area contributed by atoms with Gasteiger partial charge in [0.05, 0.1) is 10.7 Å². The molecule has 1 saturated carbocycles. The summed E-state index contributed by atoms with van der Waals surface area (Å²) in [7, 11) is 0. The Hall–Kier alpha value is -0.410. The summed E-state index contributed by atoms with van der Waals surface area (Å²) in [5.74, 6) is 1.94. The Bertz CT molecular complexity index is 327. The summed E-state index contributed by atoms with van der Waals surface area (Å²) in [6, 6.07) is 0. The van der Waals surface area contributed by atoms with Crippen LogP contribution < -0.4 is 5.32 Å². The van der Waals surface area contributed by atoms with Gasteiger partial charge >= 0.3 is 0 Å². The minimum Gasteiger partial charge on any atom is -0.311 e. The highest BCUT2D eigenvalue weighted by Gasteiger charge is 2.17. The van der Waals surface area contributed by atoms with E-state index in [0.29, 0.717) is 0 Å². The second kappa shape index (κ2) is 6.50. The third-order valence-electron chi connectivity index (χ3n) is 3.84. The highest BCUT2D eigenvalue weighted by atomic mass is 32.1. The second-order valence-electron chi connectivity index (χ2n) is 5.45. The minimum atomic E-state index is 0.938. The van der Waals surface area contributed by atoms with Crippen LogP contribution in [-0.4, -0.2) is 11.5 Å². The van der Waals surface area contributed by atoms with E-state index < -0.39 is 0 Å². The molecule has 0 aliphatic heterocycles. The van der Waals surface area contributed by atoms with Gasteiger partial charge in [0, 0.05) is 11.9 Å². The molecule has 0 amide bonds. The molecule has 1 heterocycles. The van der Waals surface area contributed by atoms with Crippen LogP contribution in [0.25, 0.3) is 0 Å². The fraction of sp³-hybridized carbons (Fsp3) is 0.786. The molecule has 1 aromatic heterocycles. The maximum absolute atomic E-state index is 4.46. The number of thiazole rings is 1. The van der Waals surface area contributed by atoms with Gasteiger partial charge in [-0.1, -0.05) is 32.6 Å². The molecule has 3 heteroatoms. The van der Waals surface area contributed by atoms with Crippen LogP contribution in [0.5, 0.6) is 0 Å². The van der Waals surface area contributed by atoms with E-state index in [-0.39, 0.29) is 0 Å². The largest absolute Gasteiger partial charge is 0.311 e. The van der Waals surface area contributed by atoms with Crippen molar-refractivity contribution >= 4 is 11.3 Å². The lowest BCUT2D eigenvalue weighted by Gasteiger charge is -2.26. The van der Waals surface area contributed by atoms with Gasteiger partial charge in [0.25, 0.3) is 0 Å². The fourth-order valence-corrected chi connectivity index (χ4v) is 3.24. The van der Waals surface area contributed by atoms with Crippen LogP contribution in [-0.2, 0) is 6.54 Å². The number of nitrogens with one attached hydrogen (secondary N) is 1. The molecule has 1 N–H and O–H groups in total. The van der Waals surface area contributed by atoms with Crippen LogP contribution in [0.1, 0.15) is 49.7 Å². The van der Waals surface area contributed by atoms with Crippen LogP contribution in [0.4, 0.5) is 0 Å². The molecule has 17 heavy (non-hydrogen) atoms. The lowest BCUT2D eigenvalue weighted by Crippen LogP contribution is -2.20. The molecule has 0 radical (unpaired) electrons. The summed E-state index contributed by atoms with van der Waals surface area (Å²) < 4.78 is 0. The summed E-state index contributed by atoms with van der Waals surface area (Å²) in [5, 5.41) is 6.84. The third kappa shape index (κ3) is 4.40. The molecule has 1 aliphatic carbocycles. The van der Waals surface area contributed by atoms with E-state index in [0.717, 1.165) is 24.9 Å². The molecule has 1 aromatic rings. The summed E-state index contributed by atoms with van der Waals surface area (Å²) in [5.41, 5.74) is 1.20. The Morgan fingerprint density at radius 3 is 2.76 bits per heavy atom. The Kier molecular flexibility index (Phi) is 4.99. The molecule has 0 atom stereocenters. The van der Waals surface area contributed by atoms with E-state index in [2.05, 4.69) is 29.5 Å². The number of rotatable bonds is 5. The predicted octanol–water partition coefficient (Wildman–Crippen LogP) is 3.76. The van der Waals surface area contributed by atoms with Crippen LogP contribution in [0, 0.1) is 18.8 Å². The molecule has 0 saturated heterocycles. The zero-order valence-electron chi connectivity index (χ0n) is 11.0. The van der Waals surface area contributed by atoms with Gasteiger partial charge in [-0.15, -0.1) is 11.3 Å². The van der Waals surface area contributed by atoms with E-state index in [4.69, 9.17) is 0 Å². The monoisotopic (exact) mass is 252 g/mol. The molecule has 0 spiro atoms. The number of nitrogens with zero attached hydrogens (tertiary/aromatic N) is 1. The summed E-state index contributed by atoms with van der Waals surface area (Å²) in [6.45, 7) is 6.54. The van der Waals surface area contributed by atoms with Gasteiger partial charge in [-0.2, -0.15) is 0 Å². The van der Waals surface area contributed by atoms with Crippen LogP contribution in [0.3, 0.4) is 0 Å². The van der Waals surface area contributed by atoms with Crippen molar-refractivity contribution in [1.82, 2.24) is 10.3 Å². The SMILES string of the molecule is Cc1nc(CNCCC2CCC(C)CC2)cs1. The van der Waals surface area contributed by atoms with Gasteiger partial charge in [-0.05, 0) is 31.7 Å². The standard InChI is InChI=1S/C14H24N2S/c1-11-3-5-13(6-4-11)7-8-15-9-14-10-17-12(2)16-14/h10-11,13,15H,3-9H2,1-2H3. The first kappa shape index (κ1) is 13.0. The minimum absolute atomic E-state index is 0.938. The van der Waals surface area contributed by atoms with E-state index in [9.17, 15) is 0 Å². The number of aryl methyl sites for hydroxylation is 1. The first-order valence-electron chi connectivity index (χ1n) is 6.85. The van der Waals surface area contributed by atoms with Gasteiger partial charge in [-0.3, -0.25) is 0 Å². The van der Waals surface area contributed by atoms with Crippen molar-refractivity contribution < 1.29 is 0 Å². The van der Waals surface area contributed by atoms with Crippen molar-refractivity contribution in [2.24, 2.45) is 11.8 Å². The van der Waals surface area contributed by atoms with Crippen molar-refractivity contribution in [1.29, 1.82) is 0 Å². The first-order valence-corrected chi connectivity index (χ1v) is 7.73. The average molecular weight is 252 g/mol. The van der Waals surface area contributed by atoms with Crippen molar-refractivity contribution in [3.8, 4) is 0 Å². The van der Waals surface area contributed by atoms with E-state index in [1.54, 1.807) is 11.3 Å².